The number of aliphatic imine (C=N–C) groups is 1. The quantitative estimate of drug-likeness (QED) is 0.560. The van der Waals surface area contributed by atoms with E-state index in [2.05, 4.69) is 20.9 Å². The first-order chi connectivity index (χ1) is 11.4. The Morgan fingerprint density at radius 1 is 1.20 bits per heavy atom. The third-order valence-corrected chi connectivity index (χ3v) is 3.35. The van der Waals surface area contributed by atoms with Crippen molar-refractivity contribution in [3.05, 3.63) is 23.2 Å². The maximum Gasteiger partial charge on any atom is 0.408 e. The molecular formula is C18H32N4O3. The average molecular weight is 352 g/mol. The largest absolute Gasteiger partial charge is 0.466 e. The van der Waals surface area contributed by atoms with Gasteiger partial charge in [0.2, 0.25) is 0 Å². The van der Waals surface area contributed by atoms with E-state index >= 15 is 0 Å². The molecule has 0 aliphatic heterocycles. The molecule has 0 radical (unpaired) electrons. The number of alkyl carbamates (subject to hydrolysis) is 1. The second kappa shape index (κ2) is 8.27. The Balaban J connectivity index is 2.49. The van der Waals surface area contributed by atoms with Gasteiger partial charge in [-0.15, -0.1) is 0 Å². The van der Waals surface area contributed by atoms with Crippen LogP contribution in [0.15, 0.2) is 15.5 Å². The second-order valence-corrected chi connectivity index (χ2v) is 7.73. The van der Waals surface area contributed by atoms with Gasteiger partial charge in [0, 0.05) is 25.7 Å². The normalized spacial score (nSPS) is 12.7. The topological polar surface area (TPSA) is 87.9 Å². The molecule has 7 nitrogen and oxygen atoms in total. The number of hydrogen-bond acceptors (Lipinski definition) is 4. The summed E-state index contributed by atoms with van der Waals surface area (Å²) in [6.07, 6.45) is -0.438. The first-order valence-electron chi connectivity index (χ1n) is 8.43. The number of ether oxygens (including phenoxy) is 1. The SMILES string of the molecule is CN=C(NCc1cc(C)oc1C)NCC(C)(C)NC(=O)OC(C)(C)C. The van der Waals surface area contributed by atoms with Crippen molar-refractivity contribution in [1.82, 2.24) is 16.0 Å². The molecule has 25 heavy (non-hydrogen) atoms. The maximum atomic E-state index is 11.9. The molecule has 1 heterocycles. The fraction of sp³-hybridized carbons (Fsp3) is 0.667. The van der Waals surface area contributed by atoms with Gasteiger partial charge < -0.3 is 25.1 Å². The molecule has 0 spiro atoms. The molecule has 0 aliphatic rings. The van der Waals surface area contributed by atoms with Crippen LogP contribution in [0.1, 0.15) is 51.7 Å². The summed E-state index contributed by atoms with van der Waals surface area (Å²) in [4.78, 5) is 16.1. The van der Waals surface area contributed by atoms with Gasteiger partial charge in [-0.05, 0) is 54.5 Å². The first kappa shape index (κ1) is 20.9. The number of nitrogens with zero attached hydrogens (tertiary/aromatic N) is 1. The molecular weight excluding hydrogens is 320 g/mol. The molecule has 1 aromatic heterocycles. The molecule has 0 aliphatic carbocycles. The molecule has 0 saturated heterocycles. The van der Waals surface area contributed by atoms with Gasteiger partial charge in [0.1, 0.15) is 17.1 Å². The number of rotatable bonds is 5. The Hall–Kier alpha value is -2.18. The van der Waals surface area contributed by atoms with E-state index in [1.165, 1.54) is 0 Å². The molecule has 0 atom stereocenters. The zero-order valence-electron chi connectivity index (χ0n) is 16.7. The monoisotopic (exact) mass is 352 g/mol. The van der Waals surface area contributed by atoms with Crippen molar-refractivity contribution < 1.29 is 13.9 Å². The van der Waals surface area contributed by atoms with Gasteiger partial charge in [-0.25, -0.2) is 4.79 Å². The van der Waals surface area contributed by atoms with Crippen molar-refractivity contribution in [1.29, 1.82) is 0 Å². The van der Waals surface area contributed by atoms with Crippen LogP contribution in [0, 0.1) is 13.8 Å². The Bertz CT molecular complexity index is 612. The Morgan fingerprint density at radius 2 is 1.84 bits per heavy atom. The molecule has 1 aromatic rings. The van der Waals surface area contributed by atoms with Gasteiger partial charge >= 0.3 is 6.09 Å². The number of amides is 1. The third kappa shape index (κ3) is 7.96. The van der Waals surface area contributed by atoms with Crippen LogP contribution >= 0.6 is 0 Å². The van der Waals surface area contributed by atoms with Crippen LogP contribution in [0.2, 0.25) is 0 Å². The van der Waals surface area contributed by atoms with E-state index in [0.29, 0.717) is 19.0 Å². The summed E-state index contributed by atoms with van der Waals surface area (Å²) < 4.78 is 10.8. The minimum absolute atomic E-state index is 0.438. The summed E-state index contributed by atoms with van der Waals surface area (Å²) in [7, 11) is 1.71. The van der Waals surface area contributed by atoms with Crippen LogP contribution in [0.5, 0.6) is 0 Å². The van der Waals surface area contributed by atoms with Crippen molar-refractivity contribution in [2.24, 2.45) is 4.99 Å². The minimum atomic E-state index is -0.522. The fourth-order valence-corrected chi connectivity index (χ4v) is 2.19. The highest BCUT2D eigenvalue weighted by atomic mass is 16.6. The van der Waals surface area contributed by atoms with Gasteiger partial charge in [0.05, 0.1) is 5.54 Å². The third-order valence-electron chi connectivity index (χ3n) is 3.35. The molecule has 0 aromatic carbocycles. The van der Waals surface area contributed by atoms with Crippen LogP contribution < -0.4 is 16.0 Å². The number of aryl methyl sites for hydroxylation is 2. The number of nitrogens with one attached hydrogen (secondary N) is 3. The van der Waals surface area contributed by atoms with Crippen LogP contribution in [0.4, 0.5) is 4.79 Å². The predicted octanol–water partition coefficient (Wildman–Crippen LogP) is 2.86. The summed E-state index contributed by atoms with van der Waals surface area (Å²) in [6.45, 7) is 14.3. The van der Waals surface area contributed by atoms with Crippen LogP contribution in [-0.2, 0) is 11.3 Å². The lowest BCUT2D eigenvalue weighted by Crippen LogP contribution is -2.54. The van der Waals surface area contributed by atoms with Crippen LogP contribution in [-0.4, -0.2) is 36.8 Å². The van der Waals surface area contributed by atoms with Crippen molar-refractivity contribution in [3.63, 3.8) is 0 Å². The number of carbonyl (C=O) groups is 1. The summed E-state index contributed by atoms with van der Waals surface area (Å²) in [5.41, 5.74) is 0.0695. The summed E-state index contributed by atoms with van der Waals surface area (Å²) in [5.74, 6) is 2.43. The highest BCUT2D eigenvalue weighted by Gasteiger charge is 2.24. The molecule has 0 unspecified atom stereocenters. The maximum absolute atomic E-state index is 11.9. The van der Waals surface area contributed by atoms with Crippen molar-refractivity contribution in [2.45, 2.75) is 66.2 Å². The average Bonchev–Trinajstić information content (AvgIpc) is 2.74. The molecule has 7 heteroatoms. The number of furan rings is 1. The fourth-order valence-electron chi connectivity index (χ4n) is 2.19. The zero-order chi connectivity index (χ0) is 19.3. The first-order valence-corrected chi connectivity index (χ1v) is 8.43. The van der Waals surface area contributed by atoms with Crippen molar-refractivity contribution in [2.75, 3.05) is 13.6 Å². The molecule has 1 amide bonds. The van der Waals surface area contributed by atoms with Crippen molar-refractivity contribution in [3.8, 4) is 0 Å². The lowest BCUT2D eigenvalue weighted by atomic mass is 10.1. The van der Waals surface area contributed by atoms with Crippen LogP contribution in [0.25, 0.3) is 0 Å². The van der Waals surface area contributed by atoms with Gasteiger partial charge in [0.25, 0.3) is 0 Å². The van der Waals surface area contributed by atoms with E-state index in [-0.39, 0.29) is 0 Å². The molecule has 0 bridgehead atoms. The van der Waals surface area contributed by atoms with Gasteiger partial charge in [-0.3, -0.25) is 4.99 Å². The van der Waals surface area contributed by atoms with Crippen LogP contribution in [0.3, 0.4) is 0 Å². The molecule has 0 saturated carbocycles. The summed E-state index contributed by atoms with van der Waals surface area (Å²) in [6, 6.07) is 2.00. The lowest BCUT2D eigenvalue weighted by Gasteiger charge is -2.29. The highest BCUT2D eigenvalue weighted by molar-refractivity contribution is 5.79. The van der Waals surface area contributed by atoms with E-state index in [1.807, 2.05) is 54.5 Å². The zero-order valence-corrected chi connectivity index (χ0v) is 16.7. The molecule has 1 rings (SSSR count). The van der Waals surface area contributed by atoms with E-state index in [1.54, 1.807) is 7.05 Å². The predicted molar refractivity (Wildman–Crippen MR) is 99.8 cm³/mol. The lowest BCUT2D eigenvalue weighted by molar-refractivity contribution is 0.0474. The minimum Gasteiger partial charge on any atom is -0.466 e. The Morgan fingerprint density at radius 3 is 2.32 bits per heavy atom. The summed E-state index contributed by atoms with van der Waals surface area (Å²) >= 11 is 0. The second-order valence-electron chi connectivity index (χ2n) is 7.73. The molecule has 3 N–H and O–H groups in total. The smallest absolute Gasteiger partial charge is 0.408 e. The van der Waals surface area contributed by atoms with E-state index in [0.717, 1.165) is 17.1 Å². The van der Waals surface area contributed by atoms with E-state index < -0.39 is 17.2 Å². The molecule has 142 valence electrons. The Kier molecular flexibility index (Phi) is 6.90. The van der Waals surface area contributed by atoms with Gasteiger partial charge in [-0.1, -0.05) is 0 Å². The van der Waals surface area contributed by atoms with Gasteiger partial charge in [0.15, 0.2) is 5.96 Å². The van der Waals surface area contributed by atoms with E-state index in [9.17, 15) is 4.79 Å². The number of carbonyl (C=O) groups excluding carboxylic acids is 1. The van der Waals surface area contributed by atoms with Crippen molar-refractivity contribution >= 4 is 12.1 Å². The highest BCUT2D eigenvalue weighted by Crippen LogP contribution is 2.13. The molecule has 0 fully saturated rings. The number of hydrogen-bond donors (Lipinski definition) is 3. The van der Waals surface area contributed by atoms with Gasteiger partial charge in [-0.2, -0.15) is 0 Å². The van der Waals surface area contributed by atoms with E-state index in [4.69, 9.17) is 9.15 Å². The standard InChI is InChI=1S/C18H32N4O3/c1-12-9-14(13(2)24-12)10-20-15(19-8)21-11-18(6,7)22-16(23)25-17(3,4)5/h9H,10-11H2,1-8H3,(H,22,23)(H2,19,20,21). The number of guanidine groups is 1. The Labute approximate surface area is 150 Å². The summed E-state index contributed by atoms with van der Waals surface area (Å²) in [5, 5.41) is 9.31.